The molecular weight excluding hydrogens is 362 g/mol. The zero-order valence-electron chi connectivity index (χ0n) is 18.1. The molecule has 1 atom stereocenters. The number of hydrogen-bond acceptors (Lipinski definition) is 3. The molecule has 0 radical (unpaired) electrons. The molecule has 2 aromatic rings. The maximum absolute atomic E-state index is 12.8. The fourth-order valence-electron chi connectivity index (χ4n) is 4.29. The fourth-order valence-corrected chi connectivity index (χ4v) is 4.29. The van der Waals surface area contributed by atoms with Crippen molar-refractivity contribution in [1.82, 2.24) is 0 Å². The zero-order valence-corrected chi connectivity index (χ0v) is 18.1. The van der Waals surface area contributed by atoms with Crippen LogP contribution in [0.1, 0.15) is 37.0 Å². The Morgan fingerprint density at radius 3 is 2.21 bits per heavy atom. The van der Waals surface area contributed by atoms with Crippen LogP contribution in [0.25, 0.3) is 0 Å². The zero-order chi connectivity index (χ0) is 21.1. The second kappa shape index (κ2) is 8.68. The van der Waals surface area contributed by atoms with E-state index >= 15 is 0 Å². The van der Waals surface area contributed by atoms with Gasteiger partial charge < -0.3 is 15.1 Å². The third-order valence-electron chi connectivity index (χ3n) is 5.66. The lowest BCUT2D eigenvalue weighted by atomic mass is 10.0. The van der Waals surface area contributed by atoms with Crippen molar-refractivity contribution >= 4 is 28.9 Å². The number of hydrogen-bond donors (Lipinski definition) is 1. The molecule has 3 rings (SSSR count). The van der Waals surface area contributed by atoms with Gasteiger partial charge in [0.25, 0.3) is 0 Å². The van der Waals surface area contributed by atoms with Crippen molar-refractivity contribution in [3.63, 3.8) is 0 Å². The molecule has 2 aromatic carbocycles. The van der Waals surface area contributed by atoms with E-state index in [1.807, 2.05) is 38.1 Å². The average molecular weight is 394 g/mol. The summed E-state index contributed by atoms with van der Waals surface area (Å²) in [6.07, 6.45) is 0.246. The van der Waals surface area contributed by atoms with Gasteiger partial charge in [0, 0.05) is 43.1 Å². The summed E-state index contributed by atoms with van der Waals surface area (Å²) < 4.78 is 0. The SMILES string of the molecule is CCN(CC)c1ccc(NC(=O)C2CC(=O)N(c3c(C)cc(C)cc3C)C2)cc1. The Kier molecular flexibility index (Phi) is 6.26. The van der Waals surface area contributed by atoms with Crippen LogP contribution in [-0.4, -0.2) is 31.4 Å². The number of anilines is 3. The van der Waals surface area contributed by atoms with Crippen LogP contribution in [0.2, 0.25) is 0 Å². The minimum absolute atomic E-state index is 0.0112. The first-order chi connectivity index (χ1) is 13.8. The molecule has 0 aliphatic carbocycles. The first-order valence-corrected chi connectivity index (χ1v) is 10.4. The third kappa shape index (κ3) is 4.44. The van der Waals surface area contributed by atoms with Crippen molar-refractivity contribution in [1.29, 1.82) is 0 Å². The summed E-state index contributed by atoms with van der Waals surface area (Å²) in [4.78, 5) is 29.5. The smallest absolute Gasteiger partial charge is 0.229 e. The number of rotatable bonds is 6. The van der Waals surface area contributed by atoms with Crippen molar-refractivity contribution < 1.29 is 9.59 Å². The fraction of sp³-hybridized carbons (Fsp3) is 0.417. The lowest BCUT2D eigenvalue weighted by molar-refractivity contribution is -0.122. The van der Waals surface area contributed by atoms with Gasteiger partial charge in [-0.25, -0.2) is 0 Å². The highest BCUT2D eigenvalue weighted by atomic mass is 16.2. The van der Waals surface area contributed by atoms with Crippen molar-refractivity contribution in [2.45, 2.75) is 41.0 Å². The van der Waals surface area contributed by atoms with E-state index in [1.54, 1.807) is 4.90 Å². The summed E-state index contributed by atoms with van der Waals surface area (Å²) in [6, 6.07) is 12.1. The van der Waals surface area contributed by atoms with Crippen molar-refractivity contribution in [2.75, 3.05) is 34.8 Å². The van der Waals surface area contributed by atoms with E-state index in [0.29, 0.717) is 6.54 Å². The molecule has 1 aliphatic rings. The molecule has 0 aromatic heterocycles. The molecule has 1 fully saturated rings. The molecule has 0 spiro atoms. The minimum atomic E-state index is -0.343. The van der Waals surface area contributed by atoms with Gasteiger partial charge >= 0.3 is 0 Å². The standard InChI is InChI=1S/C24H31N3O2/c1-6-26(7-2)21-10-8-20(9-11-21)25-24(29)19-14-22(28)27(15-19)23-17(4)12-16(3)13-18(23)5/h8-13,19H,6-7,14-15H2,1-5H3,(H,25,29). The number of benzene rings is 2. The summed E-state index contributed by atoms with van der Waals surface area (Å²) >= 11 is 0. The summed E-state index contributed by atoms with van der Waals surface area (Å²) in [7, 11) is 0. The molecular formula is C24H31N3O2. The number of amides is 2. The molecule has 5 heteroatoms. The first-order valence-electron chi connectivity index (χ1n) is 10.4. The van der Waals surface area contributed by atoms with E-state index in [-0.39, 0.29) is 24.2 Å². The predicted molar refractivity (Wildman–Crippen MR) is 120 cm³/mol. The van der Waals surface area contributed by atoms with Crippen LogP contribution in [0.3, 0.4) is 0 Å². The van der Waals surface area contributed by atoms with E-state index in [0.717, 1.165) is 41.3 Å². The van der Waals surface area contributed by atoms with E-state index in [4.69, 9.17) is 0 Å². The second-order valence-electron chi connectivity index (χ2n) is 7.86. The van der Waals surface area contributed by atoms with Gasteiger partial charge in [-0.3, -0.25) is 9.59 Å². The molecule has 1 heterocycles. The summed E-state index contributed by atoms with van der Waals surface area (Å²) in [5.41, 5.74) is 6.17. The van der Waals surface area contributed by atoms with Crippen LogP contribution in [-0.2, 0) is 9.59 Å². The van der Waals surface area contributed by atoms with Gasteiger partial charge in [0.05, 0.1) is 5.92 Å². The Morgan fingerprint density at radius 2 is 1.66 bits per heavy atom. The van der Waals surface area contributed by atoms with E-state index < -0.39 is 0 Å². The lowest BCUT2D eigenvalue weighted by Crippen LogP contribution is -2.29. The molecule has 154 valence electrons. The Balaban J connectivity index is 1.70. The van der Waals surface area contributed by atoms with Gasteiger partial charge in [0.15, 0.2) is 0 Å². The van der Waals surface area contributed by atoms with Crippen LogP contribution in [0, 0.1) is 26.7 Å². The average Bonchev–Trinajstić information content (AvgIpc) is 3.05. The quantitative estimate of drug-likeness (QED) is 0.789. The minimum Gasteiger partial charge on any atom is -0.372 e. The first kappa shape index (κ1) is 20.9. The largest absolute Gasteiger partial charge is 0.372 e. The monoisotopic (exact) mass is 393 g/mol. The Bertz CT molecular complexity index is 878. The molecule has 0 saturated carbocycles. The summed E-state index contributed by atoms with van der Waals surface area (Å²) in [5, 5.41) is 2.98. The van der Waals surface area contributed by atoms with E-state index in [1.165, 1.54) is 5.56 Å². The number of carbonyl (C=O) groups excluding carboxylic acids is 2. The highest BCUT2D eigenvalue weighted by molar-refractivity contribution is 6.04. The predicted octanol–water partition coefficient (Wildman–Crippen LogP) is 4.45. The molecule has 1 N–H and O–H groups in total. The number of aryl methyl sites for hydroxylation is 3. The molecule has 0 bridgehead atoms. The van der Waals surface area contributed by atoms with Gasteiger partial charge in [-0.2, -0.15) is 0 Å². The van der Waals surface area contributed by atoms with E-state index in [2.05, 4.69) is 43.1 Å². The summed E-state index contributed by atoms with van der Waals surface area (Å²) in [5.74, 6) is -0.430. The maximum Gasteiger partial charge on any atom is 0.229 e. The van der Waals surface area contributed by atoms with Crippen molar-refractivity contribution in [3.8, 4) is 0 Å². The third-order valence-corrected chi connectivity index (χ3v) is 5.66. The Morgan fingerprint density at radius 1 is 1.07 bits per heavy atom. The van der Waals surface area contributed by atoms with Crippen molar-refractivity contribution in [3.05, 3.63) is 53.1 Å². The van der Waals surface area contributed by atoms with Gasteiger partial charge in [-0.1, -0.05) is 17.7 Å². The molecule has 29 heavy (non-hydrogen) atoms. The van der Waals surface area contributed by atoms with Gasteiger partial charge in [0.1, 0.15) is 0 Å². The number of nitrogens with zero attached hydrogens (tertiary/aromatic N) is 2. The molecule has 1 saturated heterocycles. The normalized spacial score (nSPS) is 16.2. The van der Waals surface area contributed by atoms with Gasteiger partial charge in [-0.05, 0) is 70.0 Å². The number of nitrogens with one attached hydrogen (secondary N) is 1. The Labute approximate surface area is 173 Å². The molecule has 2 amide bonds. The molecule has 5 nitrogen and oxygen atoms in total. The highest BCUT2D eigenvalue weighted by Crippen LogP contribution is 2.32. The highest BCUT2D eigenvalue weighted by Gasteiger charge is 2.36. The van der Waals surface area contributed by atoms with Crippen LogP contribution in [0.15, 0.2) is 36.4 Å². The van der Waals surface area contributed by atoms with Gasteiger partial charge in [-0.15, -0.1) is 0 Å². The summed E-state index contributed by atoms with van der Waals surface area (Å²) in [6.45, 7) is 12.7. The van der Waals surface area contributed by atoms with Crippen LogP contribution in [0.4, 0.5) is 17.1 Å². The van der Waals surface area contributed by atoms with Gasteiger partial charge in [0.2, 0.25) is 11.8 Å². The maximum atomic E-state index is 12.8. The molecule has 1 unspecified atom stereocenters. The van der Waals surface area contributed by atoms with Crippen LogP contribution in [0.5, 0.6) is 0 Å². The topological polar surface area (TPSA) is 52.7 Å². The van der Waals surface area contributed by atoms with Crippen LogP contribution >= 0.6 is 0 Å². The lowest BCUT2D eigenvalue weighted by Gasteiger charge is -2.22. The molecule has 1 aliphatic heterocycles. The van der Waals surface area contributed by atoms with Crippen LogP contribution < -0.4 is 15.1 Å². The number of carbonyl (C=O) groups is 2. The van der Waals surface area contributed by atoms with Crippen molar-refractivity contribution in [2.24, 2.45) is 5.92 Å². The second-order valence-corrected chi connectivity index (χ2v) is 7.86. The van der Waals surface area contributed by atoms with E-state index in [9.17, 15) is 9.59 Å². The Hall–Kier alpha value is -2.82.